The third-order valence-electron chi connectivity index (χ3n) is 4.80. The second-order valence-corrected chi connectivity index (χ2v) is 6.31. The van der Waals surface area contributed by atoms with Crippen LogP contribution in [-0.4, -0.2) is 31.7 Å². The predicted octanol–water partition coefficient (Wildman–Crippen LogP) is 0.590. The van der Waals surface area contributed by atoms with E-state index in [2.05, 4.69) is 20.5 Å². The van der Waals surface area contributed by atoms with E-state index in [-0.39, 0.29) is 23.1 Å². The molecule has 4 rings (SSSR count). The van der Waals surface area contributed by atoms with Gasteiger partial charge in [-0.3, -0.25) is 9.59 Å². The van der Waals surface area contributed by atoms with Crippen LogP contribution in [0, 0.1) is 0 Å². The highest BCUT2D eigenvalue weighted by atomic mass is 16.2. The van der Waals surface area contributed by atoms with Crippen molar-refractivity contribution in [3.63, 3.8) is 0 Å². The lowest BCUT2D eigenvalue weighted by atomic mass is 10.1. The molecule has 120 valence electrons. The summed E-state index contributed by atoms with van der Waals surface area (Å²) in [6, 6.07) is 1.82. The molecule has 0 spiro atoms. The number of carbonyl (C=O) groups excluding carboxylic acids is 1. The maximum absolute atomic E-state index is 12.5. The van der Waals surface area contributed by atoms with Gasteiger partial charge in [-0.25, -0.2) is 0 Å². The van der Waals surface area contributed by atoms with Crippen molar-refractivity contribution >= 4 is 5.91 Å². The van der Waals surface area contributed by atoms with Gasteiger partial charge in [-0.2, -0.15) is 0 Å². The summed E-state index contributed by atoms with van der Waals surface area (Å²) in [5.41, 5.74) is 2.03. The lowest BCUT2D eigenvalue weighted by molar-refractivity contribution is 0.0931. The molecule has 7 heteroatoms. The molecule has 2 N–H and O–H groups in total. The van der Waals surface area contributed by atoms with E-state index in [1.165, 1.54) is 0 Å². The summed E-state index contributed by atoms with van der Waals surface area (Å²) < 4.78 is 2.02. The molecule has 23 heavy (non-hydrogen) atoms. The first-order valence-corrected chi connectivity index (χ1v) is 8.13. The van der Waals surface area contributed by atoms with Crippen molar-refractivity contribution in [1.82, 2.24) is 25.1 Å². The minimum atomic E-state index is -0.283. The summed E-state index contributed by atoms with van der Waals surface area (Å²) in [5.74, 6) is 0.681. The van der Waals surface area contributed by atoms with E-state index in [1.807, 2.05) is 4.57 Å². The van der Waals surface area contributed by atoms with Gasteiger partial charge in [-0.1, -0.05) is 0 Å². The molecule has 2 aromatic rings. The SMILES string of the molecule is O=C(NC1CCc2nncn2CC1)c1cc2c([nH]c1=O)CCC2. The van der Waals surface area contributed by atoms with E-state index >= 15 is 0 Å². The molecule has 1 amide bonds. The number of aromatic nitrogens is 4. The van der Waals surface area contributed by atoms with E-state index in [9.17, 15) is 9.59 Å². The number of H-pyrrole nitrogens is 1. The van der Waals surface area contributed by atoms with Crippen LogP contribution in [0.2, 0.25) is 0 Å². The Kier molecular flexibility index (Phi) is 3.48. The number of pyridine rings is 1. The van der Waals surface area contributed by atoms with Crippen LogP contribution in [0.3, 0.4) is 0 Å². The van der Waals surface area contributed by atoms with Crippen LogP contribution >= 0.6 is 0 Å². The van der Waals surface area contributed by atoms with Gasteiger partial charge in [0.25, 0.3) is 11.5 Å². The van der Waals surface area contributed by atoms with Crippen molar-refractivity contribution in [1.29, 1.82) is 0 Å². The second kappa shape index (κ2) is 5.64. The molecule has 0 radical (unpaired) electrons. The maximum Gasteiger partial charge on any atom is 0.261 e. The minimum absolute atomic E-state index is 0.0526. The lowest BCUT2D eigenvalue weighted by Crippen LogP contribution is -2.38. The first-order chi connectivity index (χ1) is 11.2. The van der Waals surface area contributed by atoms with E-state index < -0.39 is 0 Å². The van der Waals surface area contributed by atoms with Gasteiger partial charge in [0.05, 0.1) is 0 Å². The topological polar surface area (TPSA) is 92.7 Å². The van der Waals surface area contributed by atoms with Crippen molar-refractivity contribution in [3.8, 4) is 0 Å². The minimum Gasteiger partial charge on any atom is -0.349 e. The zero-order valence-corrected chi connectivity index (χ0v) is 12.8. The fourth-order valence-corrected chi connectivity index (χ4v) is 3.49. The lowest BCUT2D eigenvalue weighted by Gasteiger charge is -2.16. The molecule has 0 fully saturated rings. The van der Waals surface area contributed by atoms with Crippen molar-refractivity contribution in [2.45, 2.75) is 51.1 Å². The van der Waals surface area contributed by atoms with Gasteiger partial charge in [-0.05, 0) is 43.7 Å². The van der Waals surface area contributed by atoms with E-state index in [0.717, 1.165) is 62.2 Å². The van der Waals surface area contributed by atoms with Crippen molar-refractivity contribution < 1.29 is 4.79 Å². The standard InChI is InChI=1S/C16H19N5O2/c22-15(12-8-10-2-1-3-13(10)19-16(12)23)18-11-4-5-14-20-17-9-21(14)7-6-11/h8-9,11H,1-7H2,(H,18,22)(H,19,23). The fraction of sp³-hybridized carbons (Fsp3) is 0.500. The Bertz CT molecular complexity index is 785. The molecular weight excluding hydrogens is 294 g/mol. The first kappa shape index (κ1) is 14.2. The molecular formula is C16H19N5O2. The van der Waals surface area contributed by atoms with E-state index in [1.54, 1.807) is 12.4 Å². The number of nitrogens with zero attached hydrogens (tertiary/aromatic N) is 3. The highest BCUT2D eigenvalue weighted by molar-refractivity contribution is 5.94. The largest absolute Gasteiger partial charge is 0.349 e. The van der Waals surface area contributed by atoms with Gasteiger partial charge >= 0.3 is 0 Å². The number of hydrogen-bond donors (Lipinski definition) is 2. The molecule has 3 heterocycles. The van der Waals surface area contributed by atoms with Crippen molar-refractivity contribution in [2.24, 2.45) is 0 Å². The van der Waals surface area contributed by atoms with Gasteiger partial charge in [0.2, 0.25) is 0 Å². The molecule has 0 saturated heterocycles. The van der Waals surface area contributed by atoms with Crippen molar-refractivity contribution in [3.05, 3.63) is 45.4 Å². The Hall–Kier alpha value is -2.44. The third kappa shape index (κ3) is 2.67. The Morgan fingerprint density at radius 2 is 2.22 bits per heavy atom. The highest BCUT2D eigenvalue weighted by Gasteiger charge is 2.22. The summed E-state index contributed by atoms with van der Waals surface area (Å²) >= 11 is 0. The molecule has 2 aliphatic rings. The van der Waals surface area contributed by atoms with Gasteiger partial charge in [0.15, 0.2) is 0 Å². The van der Waals surface area contributed by atoms with E-state index in [0.29, 0.717) is 0 Å². The molecule has 0 saturated carbocycles. The molecule has 1 aliphatic heterocycles. The zero-order chi connectivity index (χ0) is 15.8. The monoisotopic (exact) mass is 313 g/mol. The van der Waals surface area contributed by atoms with Crippen LogP contribution in [-0.2, 0) is 25.8 Å². The first-order valence-electron chi connectivity index (χ1n) is 8.13. The van der Waals surface area contributed by atoms with Gasteiger partial charge in [0.1, 0.15) is 17.7 Å². The smallest absolute Gasteiger partial charge is 0.261 e. The fourth-order valence-electron chi connectivity index (χ4n) is 3.49. The van der Waals surface area contributed by atoms with Crippen LogP contribution in [0.5, 0.6) is 0 Å². The van der Waals surface area contributed by atoms with Crippen LogP contribution < -0.4 is 10.9 Å². The van der Waals surface area contributed by atoms with Gasteiger partial charge < -0.3 is 14.9 Å². The number of amides is 1. The number of rotatable bonds is 2. The van der Waals surface area contributed by atoms with Gasteiger partial charge in [0, 0.05) is 24.7 Å². The summed E-state index contributed by atoms with van der Waals surface area (Å²) in [5, 5.41) is 11.0. The number of hydrogen-bond acceptors (Lipinski definition) is 4. The molecule has 1 aliphatic carbocycles. The number of nitrogens with one attached hydrogen (secondary N) is 2. The van der Waals surface area contributed by atoms with Crippen LogP contribution in [0.4, 0.5) is 0 Å². The quantitative estimate of drug-likeness (QED) is 0.848. The third-order valence-corrected chi connectivity index (χ3v) is 4.80. The molecule has 2 aromatic heterocycles. The van der Waals surface area contributed by atoms with Crippen LogP contribution in [0.1, 0.15) is 46.7 Å². The number of fused-ring (bicyclic) bond motifs is 2. The maximum atomic E-state index is 12.5. The Labute approximate surface area is 133 Å². The summed E-state index contributed by atoms with van der Waals surface area (Å²) in [4.78, 5) is 27.5. The Balaban J connectivity index is 1.48. The normalized spacial score (nSPS) is 19.7. The second-order valence-electron chi connectivity index (χ2n) is 6.31. The molecule has 7 nitrogen and oxygen atoms in total. The Morgan fingerprint density at radius 1 is 1.30 bits per heavy atom. The summed E-state index contributed by atoms with van der Waals surface area (Å²) in [6.07, 6.45) is 7.01. The van der Waals surface area contributed by atoms with E-state index in [4.69, 9.17) is 0 Å². The average molecular weight is 313 g/mol. The molecule has 1 atom stereocenters. The highest BCUT2D eigenvalue weighted by Crippen LogP contribution is 2.19. The summed E-state index contributed by atoms with van der Waals surface area (Å²) in [7, 11) is 0. The number of aryl methyl sites for hydroxylation is 4. The molecule has 0 aromatic carbocycles. The van der Waals surface area contributed by atoms with Crippen molar-refractivity contribution in [2.75, 3.05) is 0 Å². The van der Waals surface area contributed by atoms with Crippen LogP contribution in [0.15, 0.2) is 17.2 Å². The zero-order valence-electron chi connectivity index (χ0n) is 12.8. The molecule has 0 bridgehead atoms. The van der Waals surface area contributed by atoms with Crippen LogP contribution in [0.25, 0.3) is 0 Å². The number of carbonyl (C=O) groups is 1. The van der Waals surface area contributed by atoms with Gasteiger partial charge in [-0.15, -0.1) is 10.2 Å². The number of aromatic amines is 1. The average Bonchev–Trinajstić information content (AvgIpc) is 3.13. The predicted molar refractivity (Wildman–Crippen MR) is 83.3 cm³/mol. The summed E-state index contributed by atoms with van der Waals surface area (Å²) in [6.45, 7) is 0.786. The molecule has 1 unspecified atom stereocenters. The Morgan fingerprint density at radius 3 is 3.13 bits per heavy atom.